The van der Waals surface area contributed by atoms with Crippen molar-refractivity contribution in [2.75, 3.05) is 0 Å². The smallest absolute Gasteiger partial charge is 0.441 e. The summed E-state index contributed by atoms with van der Waals surface area (Å²) in [4.78, 5) is 26.7. The zero-order chi connectivity index (χ0) is 12.6. The predicted octanol–water partition coefficient (Wildman–Crippen LogP) is 2.55. The van der Waals surface area contributed by atoms with Crippen LogP contribution in [0.5, 0.6) is 0 Å². The predicted molar refractivity (Wildman–Crippen MR) is 59.6 cm³/mol. The molecule has 0 aliphatic rings. The van der Waals surface area contributed by atoms with Gasteiger partial charge in [-0.1, -0.05) is 19.8 Å². The van der Waals surface area contributed by atoms with E-state index >= 15 is 0 Å². The number of amides is 1. The van der Waals surface area contributed by atoms with Gasteiger partial charge in [0.25, 0.3) is 0 Å². The standard InChI is InChI=1S/C11H21NO4/c1-5-6-7-8-9(13)16-12-10(14)15-11(2,3)4/h5-8H2,1-4H3,(H,12,14). The number of hydrogen-bond acceptors (Lipinski definition) is 4. The van der Waals surface area contributed by atoms with E-state index in [1.807, 2.05) is 12.4 Å². The Morgan fingerprint density at radius 2 is 1.81 bits per heavy atom. The third-order valence-corrected chi connectivity index (χ3v) is 1.63. The largest absolute Gasteiger partial charge is 0.442 e. The second-order valence-corrected chi connectivity index (χ2v) is 4.54. The summed E-state index contributed by atoms with van der Waals surface area (Å²) in [7, 11) is 0. The molecular formula is C11H21NO4. The number of ether oxygens (including phenoxy) is 1. The lowest BCUT2D eigenvalue weighted by Gasteiger charge is -2.19. The van der Waals surface area contributed by atoms with Gasteiger partial charge in [-0.15, -0.1) is 5.48 Å². The normalized spacial score (nSPS) is 10.8. The Balaban J connectivity index is 3.63. The first-order valence-corrected chi connectivity index (χ1v) is 5.54. The summed E-state index contributed by atoms with van der Waals surface area (Å²) in [6.07, 6.45) is 2.33. The number of hydrogen-bond donors (Lipinski definition) is 1. The van der Waals surface area contributed by atoms with Gasteiger partial charge in [0.1, 0.15) is 5.60 Å². The zero-order valence-corrected chi connectivity index (χ0v) is 10.5. The highest BCUT2D eigenvalue weighted by molar-refractivity contribution is 5.73. The van der Waals surface area contributed by atoms with Crippen LogP contribution in [0.2, 0.25) is 0 Å². The molecule has 0 aromatic rings. The molecule has 0 unspecified atom stereocenters. The topological polar surface area (TPSA) is 64.6 Å². The van der Waals surface area contributed by atoms with Crippen LogP contribution in [-0.4, -0.2) is 17.7 Å². The molecule has 5 nitrogen and oxygen atoms in total. The Labute approximate surface area is 96.4 Å². The maximum Gasteiger partial charge on any atom is 0.441 e. The van der Waals surface area contributed by atoms with Crippen LogP contribution in [0.25, 0.3) is 0 Å². The average Bonchev–Trinajstić information content (AvgIpc) is 2.12. The highest BCUT2D eigenvalue weighted by Crippen LogP contribution is 2.06. The molecule has 0 saturated heterocycles. The first kappa shape index (κ1) is 14.7. The monoisotopic (exact) mass is 231 g/mol. The van der Waals surface area contributed by atoms with Gasteiger partial charge in [0.05, 0.1) is 0 Å². The summed E-state index contributed by atoms with van der Waals surface area (Å²) < 4.78 is 4.89. The van der Waals surface area contributed by atoms with Crippen molar-refractivity contribution in [2.45, 2.75) is 59.0 Å². The van der Waals surface area contributed by atoms with E-state index in [9.17, 15) is 9.59 Å². The molecule has 0 atom stereocenters. The molecule has 0 bridgehead atoms. The van der Waals surface area contributed by atoms with Crippen molar-refractivity contribution in [3.8, 4) is 0 Å². The van der Waals surface area contributed by atoms with E-state index in [1.165, 1.54) is 0 Å². The van der Waals surface area contributed by atoms with Crippen molar-refractivity contribution in [2.24, 2.45) is 0 Å². The van der Waals surface area contributed by atoms with Crippen molar-refractivity contribution in [3.63, 3.8) is 0 Å². The summed E-state index contributed by atoms with van der Waals surface area (Å²) in [6, 6.07) is 0. The Morgan fingerprint density at radius 1 is 1.19 bits per heavy atom. The summed E-state index contributed by atoms with van der Waals surface area (Å²) in [5.74, 6) is -0.445. The van der Waals surface area contributed by atoms with Gasteiger partial charge in [-0.2, -0.15) is 0 Å². The van der Waals surface area contributed by atoms with Gasteiger partial charge in [0.2, 0.25) is 0 Å². The second kappa shape index (κ2) is 7.09. The minimum absolute atomic E-state index is 0.309. The van der Waals surface area contributed by atoms with Crippen molar-refractivity contribution < 1.29 is 19.2 Å². The van der Waals surface area contributed by atoms with Crippen LogP contribution in [0.3, 0.4) is 0 Å². The first-order valence-electron chi connectivity index (χ1n) is 5.54. The average molecular weight is 231 g/mol. The Bertz CT molecular complexity index is 233. The molecule has 0 fully saturated rings. The van der Waals surface area contributed by atoms with Crippen LogP contribution in [0, 0.1) is 0 Å². The summed E-state index contributed by atoms with van der Waals surface area (Å²) in [6.45, 7) is 7.24. The van der Waals surface area contributed by atoms with Crippen LogP contribution in [-0.2, 0) is 14.4 Å². The lowest BCUT2D eigenvalue weighted by Crippen LogP contribution is -2.34. The van der Waals surface area contributed by atoms with Gasteiger partial charge < -0.3 is 9.57 Å². The van der Waals surface area contributed by atoms with Crippen LogP contribution in [0.1, 0.15) is 53.4 Å². The molecule has 1 amide bonds. The third-order valence-electron chi connectivity index (χ3n) is 1.63. The number of carbonyl (C=O) groups excluding carboxylic acids is 2. The summed E-state index contributed by atoms with van der Waals surface area (Å²) >= 11 is 0. The van der Waals surface area contributed by atoms with Gasteiger partial charge in [-0.3, -0.25) is 0 Å². The van der Waals surface area contributed by atoms with E-state index < -0.39 is 17.7 Å². The molecule has 94 valence electrons. The van der Waals surface area contributed by atoms with Gasteiger partial charge in [0, 0.05) is 6.42 Å². The van der Waals surface area contributed by atoms with Crippen molar-refractivity contribution in [3.05, 3.63) is 0 Å². The molecule has 0 aliphatic heterocycles. The highest BCUT2D eigenvalue weighted by Gasteiger charge is 2.17. The number of rotatable bonds is 4. The van der Waals surface area contributed by atoms with Gasteiger partial charge in [-0.25, -0.2) is 9.59 Å². The van der Waals surface area contributed by atoms with E-state index in [4.69, 9.17) is 4.74 Å². The molecule has 0 rings (SSSR count). The van der Waals surface area contributed by atoms with Gasteiger partial charge >= 0.3 is 12.1 Å². The second-order valence-electron chi connectivity index (χ2n) is 4.54. The van der Waals surface area contributed by atoms with E-state index in [1.54, 1.807) is 20.8 Å². The molecule has 0 heterocycles. The zero-order valence-electron chi connectivity index (χ0n) is 10.5. The Hall–Kier alpha value is -1.26. The van der Waals surface area contributed by atoms with Crippen LogP contribution < -0.4 is 5.48 Å². The molecule has 5 heteroatoms. The van der Waals surface area contributed by atoms with Crippen LogP contribution in [0.4, 0.5) is 4.79 Å². The summed E-state index contributed by atoms with van der Waals surface area (Å²) in [5, 5.41) is 0. The quantitative estimate of drug-likeness (QED) is 0.596. The molecule has 0 aromatic heterocycles. The molecular weight excluding hydrogens is 210 g/mol. The first-order chi connectivity index (χ1) is 7.35. The van der Waals surface area contributed by atoms with Crippen molar-refractivity contribution in [1.29, 1.82) is 0 Å². The molecule has 16 heavy (non-hydrogen) atoms. The highest BCUT2D eigenvalue weighted by atomic mass is 16.7. The number of unbranched alkanes of at least 4 members (excludes halogenated alkanes) is 2. The van der Waals surface area contributed by atoms with Crippen LogP contribution in [0.15, 0.2) is 0 Å². The lowest BCUT2D eigenvalue weighted by atomic mass is 10.2. The Kier molecular flexibility index (Phi) is 6.53. The number of hydroxylamine groups is 1. The summed E-state index contributed by atoms with van der Waals surface area (Å²) in [5.41, 5.74) is 1.36. The molecule has 0 aromatic carbocycles. The fraction of sp³-hybridized carbons (Fsp3) is 0.818. The molecule has 0 saturated carbocycles. The lowest BCUT2D eigenvalue weighted by molar-refractivity contribution is -0.150. The van der Waals surface area contributed by atoms with Crippen molar-refractivity contribution in [1.82, 2.24) is 5.48 Å². The Morgan fingerprint density at radius 3 is 2.31 bits per heavy atom. The molecule has 0 aliphatic carbocycles. The molecule has 1 N–H and O–H groups in total. The van der Waals surface area contributed by atoms with Gasteiger partial charge in [0.15, 0.2) is 0 Å². The molecule has 0 radical (unpaired) electrons. The van der Waals surface area contributed by atoms with E-state index in [0.29, 0.717) is 6.42 Å². The fourth-order valence-electron chi connectivity index (χ4n) is 0.968. The SMILES string of the molecule is CCCCCC(=O)ONC(=O)OC(C)(C)C. The minimum Gasteiger partial charge on any atom is -0.442 e. The van der Waals surface area contributed by atoms with E-state index in [-0.39, 0.29) is 0 Å². The maximum absolute atomic E-state index is 11.1. The fourth-order valence-corrected chi connectivity index (χ4v) is 0.968. The number of nitrogens with one attached hydrogen (secondary N) is 1. The van der Waals surface area contributed by atoms with Crippen LogP contribution >= 0.6 is 0 Å². The van der Waals surface area contributed by atoms with E-state index in [0.717, 1.165) is 19.3 Å². The third kappa shape index (κ3) is 9.30. The minimum atomic E-state index is -0.753. The molecule has 0 spiro atoms. The number of carbonyl (C=O) groups is 2. The van der Waals surface area contributed by atoms with Crippen molar-refractivity contribution >= 4 is 12.1 Å². The van der Waals surface area contributed by atoms with E-state index in [2.05, 4.69) is 4.84 Å². The maximum atomic E-state index is 11.1. The van der Waals surface area contributed by atoms with Gasteiger partial charge in [-0.05, 0) is 27.2 Å².